The van der Waals surface area contributed by atoms with E-state index in [2.05, 4.69) is 26.1 Å². The van der Waals surface area contributed by atoms with Crippen molar-refractivity contribution >= 4 is 21.9 Å². The number of carboxylic acid groups (broad SMARTS) is 1. The Kier molecular flexibility index (Phi) is 3.36. The zero-order valence-corrected chi connectivity index (χ0v) is 10.7. The van der Waals surface area contributed by atoms with E-state index in [9.17, 15) is 18.0 Å². The lowest BCUT2D eigenvalue weighted by molar-refractivity contribution is -0.137. The summed E-state index contributed by atoms with van der Waals surface area (Å²) in [6.07, 6.45) is -4.48. The van der Waals surface area contributed by atoms with E-state index in [-0.39, 0.29) is 21.4 Å². The number of hydrogen-bond acceptors (Lipinski definition) is 2. The quantitative estimate of drug-likeness (QED) is 0.882. The van der Waals surface area contributed by atoms with Gasteiger partial charge >= 0.3 is 12.1 Å². The number of halogens is 4. The Morgan fingerprint density at radius 2 is 1.95 bits per heavy atom. The number of hydrogen-bond donors (Lipinski definition) is 2. The van der Waals surface area contributed by atoms with Crippen LogP contribution in [0.2, 0.25) is 0 Å². The molecule has 2 aromatic rings. The Bertz CT molecular complexity index is 637. The maximum atomic E-state index is 12.7. The molecule has 100 valence electrons. The number of benzene rings is 1. The van der Waals surface area contributed by atoms with Crippen LogP contribution in [0.3, 0.4) is 0 Å². The fourth-order valence-corrected chi connectivity index (χ4v) is 1.97. The van der Waals surface area contributed by atoms with Crippen molar-refractivity contribution < 1.29 is 23.1 Å². The minimum absolute atomic E-state index is 0.129. The number of rotatable bonds is 2. The Labute approximate surface area is 113 Å². The molecule has 1 heterocycles. The van der Waals surface area contributed by atoms with Crippen LogP contribution in [0.25, 0.3) is 11.3 Å². The van der Waals surface area contributed by atoms with Gasteiger partial charge in [0, 0.05) is 10.0 Å². The second-order valence-corrected chi connectivity index (χ2v) is 4.61. The number of H-pyrrole nitrogens is 1. The van der Waals surface area contributed by atoms with Crippen LogP contribution in [0.5, 0.6) is 0 Å². The summed E-state index contributed by atoms with van der Waals surface area (Å²) >= 11 is 2.98. The molecule has 2 N–H and O–H groups in total. The molecular weight excluding hydrogens is 329 g/mol. The van der Waals surface area contributed by atoms with Gasteiger partial charge in [-0.15, -0.1) is 0 Å². The number of aromatic nitrogens is 2. The van der Waals surface area contributed by atoms with Crippen LogP contribution in [-0.2, 0) is 6.18 Å². The molecule has 0 atom stereocenters. The highest BCUT2D eigenvalue weighted by atomic mass is 79.9. The summed E-state index contributed by atoms with van der Waals surface area (Å²) in [5.74, 6) is -1.23. The van der Waals surface area contributed by atoms with Crippen molar-refractivity contribution in [1.82, 2.24) is 10.2 Å². The number of nitrogens with one attached hydrogen (secondary N) is 1. The van der Waals surface area contributed by atoms with Gasteiger partial charge in [0.1, 0.15) is 5.69 Å². The molecule has 19 heavy (non-hydrogen) atoms. The summed E-state index contributed by atoms with van der Waals surface area (Å²) in [6, 6.07) is 4.45. The second kappa shape index (κ2) is 4.69. The van der Waals surface area contributed by atoms with Crippen LogP contribution >= 0.6 is 15.9 Å². The lowest BCUT2D eigenvalue weighted by Crippen LogP contribution is -2.04. The number of aromatic amines is 1. The first kappa shape index (κ1) is 13.6. The largest absolute Gasteiger partial charge is 0.477 e. The molecule has 0 aliphatic rings. The summed E-state index contributed by atoms with van der Waals surface area (Å²) in [5.41, 5.74) is -0.727. The molecule has 0 aliphatic heterocycles. The summed E-state index contributed by atoms with van der Waals surface area (Å²) in [5, 5.41) is 14.6. The maximum absolute atomic E-state index is 12.7. The first-order valence-corrected chi connectivity index (χ1v) is 5.73. The Hall–Kier alpha value is -1.83. The summed E-state index contributed by atoms with van der Waals surface area (Å²) in [7, 11) is 0. The van der Waals surface area contributed by atoms with E-state index in [0.29, 0.717) is 0 Å². The topological polar surface area (TPSA) is 66.0 Å². The highest BCUT2D eigenvalue weighted by Crippen LogP contribution is 2.34. The van der Waals surface area contributed by atoms with Gasteiger partial charge in [0.05, 0.1) is 11.3 Å². The maximum Gasteiger partial charge on any atom is 0.416 e. The average Bonchev–Trinajstić information content (AvgIpc) is 2.76. The van der Waals surface area contributed by atoms with Gasteiger partial charge in [-0.05, 0) is 24.3 Å². The monoisotopic (exact) mass is 334 g/mol. The van der Waals surface area contributed by atoms with E-state index in [1.54, 1.807) is 0 Å². The third-order valence-corrected chi connectivity index (χ3v) is 2.79. The lowest BCUT2D eigenvalue weighted by atomic mass is 10.1. The van der Waals surface area contributed by atoms with Crippen molar-refractivity contribution in [1.29, 1.82) is 0 Å². The average molecular weight is 335 g/mol. The fraction of sp³-hybridized carbons (Fsp3) is 0.0909. The molecule has 0 saturated heterocycles. The normalized spacial score (nSPS) is 11.6. The Balaban J connectivity index is 2.50. The summed E-state index contributed by atoms with van der Waals surface area (Å²) < 4.78 is 38.2. The number of carboxylic acids is 1. The third-order valence-electron chi connectivity index (χ3n) is 2.33. The van der Waals surface area contributed by atoms with E-state index in [1.165, 1.54) is 12.1 Å². The molecule has 0 unspecified atom stereocenters. The number of carbonyl (C=O) groups is 1. The van der Waals surface area contributed by atoms with Gasteiger partial charge < -0.3 is 5.11 Å². The van der Waals surface area contributed by atoms with Gasteiger partial charge in [0.25, 0.3) is 0 Å². The summed E-state index contributed by atoms with van der Waals surface area (Å²) in [4.78, 5) is 10.7. The van der Waals surface area contributed by atoms with Crippen molar-refractivity contribution in [3.8, 4) is 11.3 Å². The molecule has 0 spiro atoms. The number of aromatic carboxylic acids is 1. The van der Waals surface area contributed by atoms with Crippen molar-refractivity contribution in [3.63, 3.8) is 0 Å². The highest BCUT2D eigenvalue weighted by molar-refractivity contribution is 9.10. The van der Waals surface area contributed by atoms with Gasteiger partial charge in [-0.25, -0.2) is 4.79 Å². The predicted molar refractivity (Wildman–Crippen MR) is 63.7 cm³/mol. The van der Waals surface area contributed by atoms with E-state index in [4.69, 9.17) is 5.11 Å². The lowest BCUT2D eigenvalue weighted by Gasteiger charge is -2.08. The molecule has 0 aliphatic carbocycles. The standard InChI is InChI=1S/C11H6BrF3N2O2/c12-7-2-5(1-6(3-7)11(13,14)15)8-4-9(10(18)19)17-16-8/h1-4H,(H,16,17)(H,18,19). The van der Waals surface area contributed by atoms with Crippen molar-refractivity contribution in [3.05, 3.63) is 40.0 Å². The molecular formula is C11H6BrF3N2O2. The van der Waals surface area contributed by atoms with Crippen LogP contribution in [0.15, 0.2) is 28.7 Å². The predicted octanol–water partition coefficient (Wildman–Crippen LogP) is 3.56. The van der Waals surface area contributed by atoms with Crippen molar-refractivity contribution in [2.24, 2.45) is 0 Å². The van der Waals surface area contributed by atoms with E-state index >= 15 is 0 Å². The smallest absolute Gasteiger partial charge is 0.416 e. The van der Waals surface area contributed by atoms with Gasteiger partial charge in [0.15, 0.2) is 0 Å². The van der Waals surface area contributed by atoms with E-state index in [0.717, 1.165) is 12.1 Å². The number of alkyl halides is 3. The minimum Gasteiger partial charge on any atom is -0.477 e. The zero-order valence-electron chi connectivity index (χ0n) is 9.12. The number of nitrogens with zero attached hydrogens (tertiary/aromatic N) is 1. The van der Waals surface area contributed by atoms with Gasteiger partial charge in [-0.1, -0.05) is 15.9 Å². The van der Waals surface area contributed by atoms with Gasteiger partial charge in [-0.3, -0.25) is 5.10 Å². The van der Waals surface area contributed by atoms with Crippen molar-refractivity contribution in [2.75, 3.05) is 0 Å². The first-order valence-electron chi connectivity index (χ1n) is 4.94. The molecule has 0 saturated carbocycles. The van der Waals surface area contributed by atoms with E-state index in [1.807, 2.05) is 0 Å². The molecule has 0 bridgehead atoms. The second-order valence-electron chi connectivity index (χ2n) is 3.70. The molecule has 2 rings (SSSR count). The van der Waals surface area contributed by atoms with Crippen LogP contribution in [0, 0.1) is 0 Å². The zero-order chi connectivity index (χ0) is 14.2. The van der Waals surface area contributed by atoms with Crippen LogP contribution < -0.4 is 0 Å². The van der Waals surface area contributed by atoms with E-state index < -0.39 is 17.7 Å². The third kappa shape index (κ3) is 2.95. The first-order chi connectivity index (χ1) is 8.77. The molecule has 0 radical (unpaired) electrons. The Morgan fingerprint density at radius 1 is 1.26 bits per heavy atom. The summed E-state index contributed by atoms with van der Waals surface area (Å²) in [6.45, 7) is 0. The molecule has 0 amide bonds. The van der Waals surface area contributed by atoms with Gasteiger partial charge in [-0.2, -0.15) is 18.3 Å². The molecule has 0 fully saturated rings. The van der Waals surface area contributed by atoms with Gasteiger partial charge in [0.2, 0.25) is 0 Å². The Morgan fingerprint density at radius 3 is 2.47 bits per heavy atom. The minimum atomic E-state index is -4.48. The molecule has 4 nitrogen and oxygen atoms in total. The van der Waals surface area contributed by atoms with Crippen LogP contribution in [0.1, 0.15) is 16.1 Å². The highest BCUT2D eigenvalue weighted by Gasteiger charge is 2.31. The molecule has 8 heteroatoms. The fourth-order valence-electron chi connectivity index (χ4n) is 1.48. The molecule has 1 aromatic carbocycles. The molecule has 1 aromatic heterocycles. The SMILES string of the molecule is O=C(O)c1cc(-c2cc(Br)cc(C(F)(F)F)c2)n[nH]1. The van der Waals surface area contributed by atoms with Crippen LogP contribution in [-0.4, -0.2) is 21.3 Å². The van der Waals surface area contributed by atoms with Crippen LogP contribution in [0.4, 0.5) is 13.2 Å². The van der Waals surface area contributed by atoms with Crippen molar-refractivity contribution in [2.45, 2.75) is 6.18 Å².